The van der Waals surface area contributed by atoms with Gasteiger partial charge < -0.3 is 4.74 Å². The van der Waals surface area contributed by atoms with Crippen LogP contribution in [0.25, 0.3) is 11.3 Å². The Morgan fingerprint density at radius 3 is 2.89 bits per heavy atom. The Labute approximate surface area is 158 Å². The molecule has 136 valence electrons. The van der Waals surface area contributed by atoms with Gasteiger partial charge in [-0.2, -0.15) is 4.68 Å². The van der Waals surface area contributed by atoms with E-state index in [1.54, 1.807) is 23.0 Å². The van der Waals surface area contributed by atoms with E-state index < -0.39 is 0 Å². The van der Waals surface area contributed by atoms with E-state index in [1.165, 1.54) is 22.2 Å². The maximum atomic E-state index is 12.2. The lowest BCUT2D eigenvalue weighted by Gasteiger charge is -2.10. The third kappa shape index (κ3) is 3.54. The SMILES string of the molecule is CCOc1ccccc1-n1nnnc1SCc1cc(=O)n2ccccc2n1. The van der Waals surface area contributed by atoms with Crippen molar-refractivity contribution in [2.45, 2.75) is 17.8 Å². The van der Waals surface area contributed by atoms with Crippen molar-refractivity contribution < 1.29 is 4.74 Å². The molecule has 0 fully saturated rings. The summed E-state index contributed by atoms with van der Waals surface area (Å²) < 4.78 is 8.80. The van der Waals surface area contributed by atoms with Gasteiger partial charge in [0.2, 0.25) is 5.16 Å². The third-order valence-electron chi connectivity index (χ3n) is 3.81. The zero-order chi connectivity index (χ0) is 18.6. The number of hydrogen-bond acceptors (Lipinski definition) is 7. The van der Waals surface area contributed by atoms with Crippen molar-refractivity contribution in [1.82, 2.24) is 29.6 Å². The number of rotatable bonds is 6. The van der Waals surface area contributed by atoms with E-state index in [2.05, 4.69) is 20.5 Å². The second-order valence-corrected chi connectivity index (χ2v) is 6.52. The number of para-hydroxylation sites is 2. The number of hydrogen-bond donors (Lipinski definition) is 0. The van der Waals surface area contributed by atoms with Crippen LogP contribution in [-0.4, -0.2) is 36.2 Å². The fraction of sp³-hybridized carbons (Fsp3) is 0.167. The largest absolute Gasteiger partial charge is 0.492 e. The normalized spacial score (nSPS) is 11.0. The highest BCUT2D eigenvalue weighted by atomic mass is 32.2. The van der Waals surface area contributed by atoms with Gasteiger partial charge in [0.1, 0.15) is 17.1 Å². The predicted molar refractivity (Wildman–Crippen MR) is 101 cm³/mol. The highest BCUT2D eigenvalue weighted by Gasteiger charge is 2.14. The molecule has 0 amide bonds. The van der Waals surface area contributed by atoms with Crippen LogP contribution in [-0.2, 0) is 5.75 Å². The van der Waals surface area contributed by atoms with Gasteiger partial charge in [0.15, 0.2) is 0 Å². The van der Waals surface area contributed by atoms with E-state index in [-0.39, 0.29) is 5.56 Å². The lowest BCUT2D eigenvalue weighted by atomic mass is 10.3. The van der Waals surface area contributed by atoms with Crippen LogP contribution in [0.4, 0.5) is 0 Å². The van der Waals surface area contributed by atoms with E-state index in [9.17, 15) is 4.79 Å². The van der Waals surface area contributed by atoms with Crippen molar-refractivity contribution in [2.75, 3.05) is 6.61 Å². The maximum absolute atomic E-state index is 12.2. The predicted octanol–water partition coefficient (Wildman–Crippen LogP) is 2.36. The fourth-order valence-electron chi connectivity index (χ4n) is 2.65. The van der Waals surface area contributed by atoms with Crippen molar-refractivity contribution in [3.05, 3.63) is 70.8 Å². The van der Waals surface area contributed by atoms with Gasteiger partial charge >= 0.3 is 0 Å². The Morgan fingerprint density at radius 1 is 1.15 bits per heavy atom. The van der Waals surface area contributed by atoms with E-state index >= 15 is 0 Å². The topological polar surface area (TPSA) is 87.2 Å². The maximum Gasteiger partial charge on any atom is 0.258 e. The molecule has 4 aromatic rings. The number of thioether (sulfide) groups is 1. The van der Waals surface area contributed by atoms with Gasteiger partial charge in [-0.3, -0.25) is 9.20 Å². The van der Waals surface area contributed by atoms with Gasteiger partial charge in [0, 0.05) is 18.0 Å². The first-order chi connectivity index (χ1) is 13.3. The molecule has 0 aliphatic heterocycles. The van der Waals surface area contributed by atoms with E-state index in [1.807, 2.05) is 37.3 Å². The van der Waals surface area contributed by atoms with E-state index in [4.69, 9.17) is 4.74 Å². The van der Waals surface area contributed by atoms with Gasteiger partial charge in [0.05, 0.1) is 12.3 Å². The summed E-state index contributed by atoms with van der Waals surface area (Å²) in [4.78, 5) is 16.7. The molecule has 0 atom stereocenters. The molecule has 0 spiro atoms. The summed E-state index contributed by atoms with van der Waals surface area (Å²) in [6.07, 6.45) is 1.70. The molecule has 0 saturated carbocycles. The summed E-state index contributed by atoms with van der Waals surface area (Å²) >= 11 is 1.41. The Hall–Kier alpha value is -3.20. The third-order valence-corrected chi connectivity index (χ3v) is 4.76. The molecule has 8 nitrogen and oxygen atoms in total. The molecule has 3 aromatic heterocycles. The molecule has 0 unspecified atom stereocenters. The Kier molecular flexibility index (Phi) is 4.84. The van der Waals surface area contributed by atoms with Gasteiger partial charge in [-0.15, -0.1) is 5.10 Å². The summed E-state index contributed by atoms with van der Waals surface area (Å²) in [6.45, 7) is 2.47. The molecule has 1 aromatic carbocycles. The van der Waals surface area contributed by atoms with Crippen LogP contribution >= 0.6 is 11.8 Å². The molecule has 0 N–H and O–H groups in total. The van der Waals surface area contributed by atoms with Crippen LogP contribution < -0.4 is 10.3 Å². The number of fused-ring (bicyclic) bond motifs is 1. The average molecular weight is 380 g/mol. The average Bonchev–Trinajstić information content (AvgIpc) is 3.15. The first kappa shape index (κ1) is 17.2. The minimum absolute atomic E-state index is 0.113. The number of tetrazole rings is 1. The second kappa shape index (κ2) is 7.58. The van der Waals surface area contributed by atoms with Gasteiger partial charge in [-0.1, -0.05) is 30.0 Å². The molecule has 0 saturated heterocycles. The number of benzene rings is 1. The van der Waals surface area contributed by atoms with Crippen molar-refractivity contribution in [3.63, 3.8) is 0 Å². The zero-order valence-corrected chi connectivity index (χ0v) is 15.3. The number of ether oxygens (including phenoxy) is 1. The van der Waals surface area contributed by atoms with Gasteiger partial charge in [-0.05, 0) is 41.6 Å². The summed E-state index contributed by atoms with van der Waals surface area (Å²) in [5.74, 6) is 1.17. The number of pyridine rings is 1. The Balaban J connectivity index is 1.61. The summed E-state index contributed by atoms with van der Waals surface area (Å²) in [6, 6.07) is 14.6. The number of nitrogens with zero attached hydrogens (tertiary/aromatic N) is 6. The monoisotopic (exact) mass is 380 g/mol. The van der Waals surface area contributed by atoms with E-state index in [0.29, 0.717) is 34.6 Å². The highest BCUT2D eigenvalue weighted by Crippen LogP contribution is 2.27. The molecular formula is C18H16N6O2S. The first-order valence-corrected chi connectivity index (χ1v) is 9.35. The van der Waals surface area contributed by atoms with Crippen molar-refractivity contribution in [3.8, 4) is 11.4 Å². The Morgan fingerprint density at radius 2 is 2.00 bits per heavy atom. The van der Waals surface area contributed by atoms with E-state index in [0.717, 1.165) is 5.69 Å². The van der Waals surface area contributed by atoms with Crippen LogP contribution in [0.5, 0.6) is 5.75 Å². The molecule has 9 heteroatoms. The van der Waals surface area contributed by atoms with Crippen LogP contribution in [0.2, 0.25) is 0 Å². The lowest BCUT2D eigenvalue weighted by Crippen LogP contribution is -2.14. The van der Waals surface area contributed by atoms with Crippen LogP contribution in [0.15, 0.2) is 64.7 Å². The summed E-state index contributed by atoms with van der Waals surface area (Å²) in [7, 11) is 0. The van der Waals surface area contributed by atoms with Crippen molar-refractivity contribution in [1.29, 1.82) is 0 Å². The highest BCUT2D eigenvalue weighted by molar-refractivity contribution is 7.98. The lowest BCUT2D eigenvalue weighted by molar-refractivity contribution is 0.337. The van der Waals surface area contributed by atoms with Crippen LogP contribution in [0.3, 0.4) is 0 Å². The Bertz CT molecular complexity index is 1140. The standard InChI is InChI=1S/C18H16N6O2S/c1-2-26-15-8-4-3-7-14(15)24-18(20-21-22-24)27-12-13-11-17(25)23-10-6-5-9-16(23)19-13/h3-11H,2,12H2,1H3. The van der Waals surface area contributed by atoms with Crippen molar-refractivity contribution in [2.24, 2.45) is 0 Å². The van der Waals surface area contributed by atoms with Crippen LogP contribution in [0.1, 0.15) is 12.6 Å². The smallest absolute Gasteiger partial charge is 0.258 e. The summed E-state index contributed by atoms with van der Waals surface area (Å²) in [5.41, 5.74) is 1.93. The van der Waals surface area contributed by atoms with Gasteiger partial charge in [0.25, 0.3) is 5.56 Å². The minimum Gasteiger partial charge on any atom is -0.492 e. The second-order valence-electron chi connectivity index (χ2n) is 5.58. The van der Waals surface area contributed by atoms with Crippen LogP contribution in [0, 0.1) is 0 Å². The molecular weight excluding hydrogens is 364 g/mol. The molecule has 0 radical (unpaired) electrons. The molecule has 0 aliphatic rings. The summed E-state index contributed by atoms with van der Waals surface area (Å²) in [5, 5.41) is 12.5. The minimum atomic E-state index is -0.113. The number of aromatic nitrogens is 6. The molecule has 4 rings (SSSR count). The molecule has 3 heterocycles. The quantitative estimate of drug-likeness (QED) is 0.475. The first-order valence-electron chi connectivity index (χ1n) is 8.37. The van der Waals surface area contributed by atoms with Gasteiger partial charge in [-0.25, -0.2) is 4.98 Å². The molecule has 0 bridgehead atoms. The molecule has 27 heavy (non-hydrogen) atoms. The van der Waals surface area contributed by atoms with Crippen molar-refractivity contribution >= 4 is 17.4 Å². The molecule has 0 aliphatic carbocycles. The zero-order valence-electron chi connectivity index (χ0n) is 14.5. The fourth-order valence-corrected chi connectivity index (χ4v) is 3.42.